The van der Waals surface area contributed by atoms with Crippen LogP contribution in [0, 0.1) is 6.92 Å². The number of nitrogens with zero attached hydrogens (tertiary/aromatic N) is 3. The molecule has 9 heteroatoms. The molecule has 9 nitrogen and oxygen atoms in total. The molecule has 1 saturated carbocycles. The van der Waals surface area contributed by atoms with Gasteiger partial charge >= 0.3 is 6.09 Å². The zero-order valence-corrected chi connectivity index (χ0v) is 16.7. The molecule has 3 aromatic rings. The number of hydrogen-bond donors (Lipinski definition) is 4. The van der Waals surface area contributed by atoms with Crippen molar-refractivity contribution < 1.29 is 14.7 Å². The third-order valence-corrected chi connectivity index (χ3v) is 5.03. The molecule has 1 aromatic carbocycles. The molecule has 0 saturated heterocycles. The first-order valence-corrected chi connectivity index (χ1v) is 9.97. The fraction of sp³-hybridized carbons (Fsp3) is 0.333. The molecule has 0 bridgehead atoms. The Bertz CT molecular complexity index is 1090. The first-order valence-electron chi connectivity index (χ1n) is 9.97. The minimum absolute atomic E-state index is 0.0206. The second kappa shape index (κ2) is 8.40. The van der Waals surface area contributed by atoms with Gasteiger partial charge in [0.05, 0.1) is 11.9 Å². The fourth-order valence-corrected chi connectivity index (χ4v) is 3.32. The molecule has 2 heterocycles. The van der Waals surface area contributed by atoms with E-state index >= 15 is 0 Å². The number of rotatable bonds is 8. The van der Waals surface area contributed by atoms with Gasteiger partial charge in [0.25, 0.3) is 5.91 Å². The maximum Gasteiger partial charge on any atom is 0.404 e. The summed E-state index contributed by atoms with van der Waals surface area (Å²) < 4.78 is 1.95. The summed E-state index contributed by atoms with van der Waals surface area (Å²) >= 11 is 0. The average Bonchev–Trinajstić information content (AvgIpc) is 3.42. The molecule has 4 rings (SSSR count). The molecule has 1 fully saturated rings. The van der Waals surface area contributed by atoms with Crippen LogP contribution in [0.4, 0.5) is 10.6 Å². The lowest BCUT2D eigenvalue weighted by Crippen LogP contribution is -2.26. The lowest BCUT2D eigenvalue weighted by Gasteiger charge is -2.10. The Morgan fingerprint density at radius 2 is 2.07 bits per heavy atom. The molecule has 1 aliphatic rings. The summed E-state index contributed by atoms with van der Waals surface area (Å²) in [5.41, 5.74) is 4.16. The van der Waals surface area contributed by atoms with Gasteiger partial charge in [-0.25, -0.2) is 14.8 Å². The van der Waals surface area contributed by atoms with Crippen LogP contribution in [0.3, 0.4) is 0 Å². The number of anilines is 1. The van der Waals surface area contributed by atoms with Gasteiger partial charge < -0.3 is 21.1 Å². The molecule has 4 N–H and O–H groups in total. The van der Waals surface area contributed by atoms with Crippen molar-refractivity contribution in [2.24, 2.45) is 0 Å². The number of nitrogens with one attached hydrogen (secondary N) is 3. The largest absolute Gasteiger partial charge is 0.465 e. The number of amides is 2. The van der Waals surface area contributed by atoms with E-state index in [0.717, 1.165) is 29.7 Å². The highest BCUT2D eigenvalue weighted by molar-refractivity contribution is 5.96. The third kappa shape index (κ3) is 4.35. The Kier molecular flexibility index (Phi) is 5.51. The zero-order chi connectivity index (χ0) is 21.1. The maximum atomic E-state index is 12.4. The molecule has 0 unspecified atom stereocenters. The van der Waals surface area contributed by atoms with Crippen LogP contribution >= 0.6 is 0 Å². The molecule has 0 spiro atoms. The highest BCUT2D eigenvalue weighted by atomic mass is 16.4. The van der Waals surface area contributed by atoms with Gasteiger partial charge in [-0.3, -0.25) is 9.20 Å². The maximum absolute atomic E-state index is 12.4. The highest BCUT2D eigenvalue weighted by Crippen LogP contribution is 2.26. The summed E-state index contributed by atoms with van der Waals surface area (Å²) in [6, 6.07) is 6.12. The number of hydrogen-bond acceptors (Lipinski definition) is 5. The monoisotopic (exact) mass is 408 g/mol. The number of aromatic nitrogens is 3. The van der Waals surface area contributed by atoms with E-state index in [1.807, 2.05) is 35.7 Å². The standard InChI is InChI=1S/C21H24N6O3/c1-13-11-14(3-6-16(13)20(28)26-15-4-5-15)17-12-25-19-18(23-9-10-27(17)19)22-7-2-8-24-21(29)30/h3,6,9-12,15,24H,2,4-5,7-8H2,1H3,(H,22,23)(H,26,28)(H,29,30). The van der Waals surface area contributed by atoms with Gasteiger partial charge in [0.1, 0.15) is 0 Å². The predicted octanol–water partition coefficient (Wildman–Crippen LogP) is 2.67. The summed E-state index contributed by atoms with van der Waals surface area (Å²) in [5, 5.41) is 17.2. The van der Waals surface area contributed by atoms with E-state index in [9.17, 15) is 9.59 Å². The SMILES string of the molecule is Cc1cc(-c2cnc3c(NCCCNC(=O)O)nccn23)ccc1C(=O)NC1CC1. The molecular weight excluding hydrogens is 384 g/mol. The quantitative estimate of drug-likeness (QED) is 0.425. The molecule has 0 atom stereocenters. The van der Waals surface area contributed by atoms with Crippen molar-refractivity contribution in [3.8, 4) is 11.3 Å². The highest BCUT2D eigenvalue weighted by Gasteiger charge is 2.24. The lowest BCUT2D eigenvalue weighted by molar-refractivity contribution is 0.0950. The minimum atomic E-state index is -1.03. The van der Waals surface area contributed by atoms with Crippen LogP contribution in [-0.4, -0.2) is 50.6 Å². The molecule has 2 aromatic heterocycles. The smallest absolute Gasteiger partial charge is 0.404 e. The van der Waals surface area contributed by atoms with Crippen molar-refractivity contribution in [2.75, 3.05) is 18.4 Å². The number of carboxylic acid groups (broad SMARTS) is 1. The van der Waals surface area contributed by atoms with Gasteiger partial charge in [0.2, 0.25) is 0 Å². The number of carbonyl (C=O) groups excluding carboxylic acids is 1. The Morgan fingerprint density at radius 1 is 1.23 bits per heavy atom. The van der Waals surface area contributed by atoms with Gasteiger partial charge in [-0.05, 0) is 43.9 Å². The van der Waals surface area contributed by atoms with Crippen LogP contribution in [0.25, 0.3) is 16.9 Å². The Hall–Kier alpha value is -3.62. The Balaban J connectivity index is 1.51. The normalized spacial score (nSPS) is 13.2. The second-order valence-corrected chi connectivity index (χ2v) is 7.40. The number of imidazole rings is 1. The van der Waals surface area contributed by atoms with Crippen LogP contribution in [0.1, 0.15) is 35.2 Å². The van der Waals surface area contributed by atoms with Crippen molar-refractivity contribution in [1.29, 1.82) is 0 Å². The van der Waals surface area contributed by atoms with E-state index in [2.05, 4.69) is 25.9 Å². The molecule has 0 radical (unpaired) electrons. The van der Waals surface area contributed by atoms with Gasteiger partial charge in [-0.2, -0.15) is 0 Å². The topological polar surface area (TPSA) is 121 Å². The van der Waals surface area contributed by atoms with E-state index in [4.69, 9.17) is 5.11 Å². The van der Waals surface area contributed by atoms with Crippen LogP contribution in [0.5, 0.6) is 0 Å². The summed E-state index contributed by atoms with van der Waals surface area (Å²) in [6.07, 6.45) is 7.05. The number of carbonyl (C=O) groups is 2. The molecular formula is C21H24N6O3. The van der Waals surface area contributed by atoms with E-state index < -0.39 is 6.09 Å². The number of fused-ring (bicyclic) bond motifs is 1. The van der Waals surface area contributed by atoms with Gasteiger partial charge in [0, 0.05) is 42.7 Å². The van der Waals surface area contributed by atoms with Crippen molar-refractivity contribution in [2.45, 2.75) is 32.2 Å². The summed E-state index contributed by atoms with van der Waals surface area (Å²) in [5.74, 6) is 0.615. The molecule has 0 aliphatic heterocycles. The number of benzene rings is 1. The van der Waals surface area contributed by atoms with Crippen molar-refractivity contribution in [3.63, 3.8) is 0 Å². The van der Waals surface area contributed by atoms with Gasteiger partial charge in [-0.15, -0.1) is 0 Å². The first kappa shape index (κ1) is 19.7. The molecule has 2 amide bonds. The lowest BCUT2D eigenvalue weighted by atomic mass is 10.0. The van der Waals surface area contributed by atoms with E-state index in [1.54, 1.807) is 12.4 Å². The van der Waals surface area contributed by atoms with E-state index in [0.29, 0.717) is 42.6 Å². The van der Waals surface area contributed by atoms with Crippen molar-refractivity contribution in [3.05, 3.63) is 47.9 Å². The fourth-order valence-electron chi connectivity index (χ4n) is 3.32. The average molecular weight is 408 g/mol. The van der Waals surface area contributed by atoms with E-state index in [-0.39, 0.29) is 5.91 Å². The minimum Gasteiger partial charge on any atom is -0.465 e. The zero-order valence-electron chi connectivity index (χ0n) is 16.7. The van der Waals surface area contributed by atoms with Crippen LogP contribution < -0.4 is 16.0 Å². The van der Waals surface area contributed by atoms with Gasteiger partial charge in [0.15, 0.2) is 11.5 Å². The van der Waals surface area contributed by atoms with Gasteiger partial charge in [-0.1, -0.05) is 6.07 Å². The predicted molar refractivity (Wildman–Crippen MR) is 113 cm³/mol. The van der Waals surface area contributed by atoms with Crippen LogP contribution in [-0.2, 0) is 0 Å². The number of aryl methyl sites for hydroxylation is 1. The van der Waals surface area contributed by atoms with Crippen LogP contribution in [0.15, 0.2) is 36.8 Å². The molecule has 30 heavy (non-hydrogen) atoms. The Labute approximate surface area is 173 Å². The Morgan fingerprint density at radius 3 is 2.80 bits per heavy atom. The summed E-state index contributed by atoms with van der Waals surface area (Å²) in [6.45, 7) is 2.87. The molecule has 1 aliphatic carbocycles. The first-order chi connectivity index (χ1) is 14.5. The third-order valence-electron chi connectivity index (χ3n) is 5.03. The summed E-state index contributed by atoms with van der Waals surface area (Å²) in [4.78, 5) is 31.7. The van der Waals surface area contributed by atoms with Crippen molar-refractivity contribution >= 4 is 23.5 Å². The van der Waals surface area contributed by atoms with Crippen molar-refractivity contribution in [1.82, 2.24) is 25.0 Å². The second-order valence-electron chi connectivity index (χ2n) is 7.40. The summed E-state index contributed by atoms with van der Waals surface area (Å²) in [7, 11) is 0. The van der Waals surface area contributed by atoms with E-state index in [1.165, 1.54) is 0 Å². The van der Waals surface area contributed by atoms with Crippen LogP contribution in [0.2, 0.25) is 0 Å². The molecule has 156 valence electrons.